The molecule has 0 saturated carbocycles. The van der Waals surface area contributed by atoms with Gasteiger partial charge >= 0.3 is 6.36 Å². The lowest BCUT2D eigenvalue weighted by Crippen LogP contribution is -2.61. The van der Waals surface area contributed by atoms with Gasteiger partial charge in [0.1, 0.15) is 17.1 Å². The van der Waals surface area contributed by atoms with E-state index in [1.54, 1.807) is 24.3 Å². The number of fused-ring (bicyclic) bond motifs is 9. The Balaban J connectivity index is 1.24. The number of hydrogen-bond acceptors (Lipinski definition) is 4. The lowest BCUT2D eigenvalue weighted by Gasteiger charge is -2.42. The summed E-state index contributed by atoms with van der Waals surface area (Å²) in [6, 6.07) is 35.9. The minimum absolute atomic E-state index is 0.0405. The second-order valence-electron chi connectivity index (χ2n) is 23.5. The van der Waals surface area contributed by atoms with E-state index in [9.17, 15) is 13.2 Å². The zero-order valence-corrected chi connectivity index (χ0v) is 43.2. The Morgan fingerprint density at radius 2 is 1.36 bits per heavy atom. The van der Waals surface area contributed by atoms with Gasteiger partial charge in [-0.25, -0.2) is 0 Å². The Bertz CT molecular complexity index is 3910. The minimum Gasteiger partial charge on any atom is -0.461 e. The molecule has 3 aliphatic rings. The van der Waals surface area contributed by atoms with Gasteiger partial charge in [-0.15, -0.1) is 24.5 Å². The van der Waals surface area contributed by atoms with Gasteiger partial charge < -0.3 is 14.1 Å². The summed E-state index contributed by atoms with van der Waals surface area (Å²) in [5.41, 5.74) is 11.7. The predicted molar refractivity (Wildman–Crippen MR) is 295 cm³/mol. The van der Waals surface area contributed by atoms with E-state index in [-0.39, 0.29) is 45.1 Å². The summed E-state index contributed by atoms with van der Waals surface area (Å²) in [5, 5.41) is 1.91. The van der Waals surface area contributed by atoms with Crippen molar-refractivity contribution in [2.24, 2.45) is 0 Å². The zero-order valence-electron chi connectivity index (χ0n) is 47.3. The minimum atomic E-state index is -5.02. The Morgan fingerprint density at radius 3 is 2.06 bits per heavy atom. The Labute approximate surface area is 432 Å². The molecule has 12 rings (SSSR count). The van der Waals surface area contributed by atoms with E-state index in [1.807, 2.05) is 35.6 Å². The standard InChI is InChI=1S/C64H59BF3NO2S/c1-60(2,3)40-22-25-42(26-23-40)69-50-36-53-47(55-59(72-53)63(9,10)30-29-62(55,7)8)35-49(50)65-56-48(33-43(34-51(56)69)71-64(66,67)68)54(44-28-24-41(61(4,5)6)32-46(44)38-19-15-12-16-20-38)58-57(65)45-27-21-39(31-52(45)70-58)37-17-13-11-14-18-37/h11-28,31-36,54H,29-30H2,1-10H3/i11D,13D,14D,17D,18D. The molecule has 72 heavy (non-hydrogen) atoms. The highest BCUT2D eigenvalue weighted by Crippen LogP contribution is 2.55. The van der Waals surface area contributed by atoms with Crippen LogP contribution in [0.25, 0.3) is 43.3 Å². The molecule has 8 heteroatoms. The molecule has 0 N–H and O–H groups in total. The van der Waals surface area contributed by atoms with E-state index in [4.69, 9.17) is 16.0 Å². The summed E-state index contributed by atoms with van der Waals surface area (Å²) in [6.07, 6.45) is -2.98. The second kappa shape index (κ2) is 16.0. The highest BCUT2D eigenvalue weighted by atomic mass is 32.1. The van der Waals surface area contributed by atoms with Crippen LogP contribution >= 0.6 is 11.3 Å². The molecule has 0 spiro atoms. The summed E-state index contributed by atoms with van der Waals surface area (Å²) in [7, 11) is 0. The van der Waals surface area contributed by atoms with Crippen molar-refractivity contribution in [3.63, 3.8) is 0 Å². The number of anilines is 3. The maximum atomic E-state index is 15.0. The smallest absolute Gasteiger partial charge is 0.461 e. The number of rotatable bonds is 5. The molecule has 0 saturated heterocycles. The fraction of sp³-hybridized carbons (Fsp3) is 0.281. The number of thiophene rings is 1. The average Bonchev–Trinajstić information content (AvgIpc) is 4.22. The normalized spacial score (nSPS) is 17.8. The van der Waals surface area contributed by atoms with Crippen molar-refractivity contribution in [2.45, 2.75) is 116 Å². The van der Waals surface area contributed by atoms with Gasteiger partial charge in [0.15, 0.2) is 0 Å². The number of hydrogen-bond donors (Lipinski definition) is 0. The maximum Gasteiger partial charge on any atom is 0.573 e. The maximum absolute atomic E-state index is 15.0. The summed E-state index contributed by atoms with van der Waals surface area (Å²) in [6.45, 7) is 21.7. The number of benzene rings is 7. The van der Waals surface area contributed by atoms with E-state index in [1.165, 1.54) is 10.4 Å². The van der Waals surface area contributed by atoms with Crippen molar-refractivity contribution in [3.05, 3.63) is 184 Å². The third-order valence-electron chi connectivity index (χ3n) is 15.7. The Hall–Kier alpha value is -6.51. The van der Waals surface area contributed by atoms with Gasteiger partial charge in [-0.2, -0.15) is 0 Å². The van der Waals surface area contributed by atoms with Crippen molar-refractivity contribution in [3.8, 4) is 28.0 Å². The van der Waals surface area contributed by atoms with Crippen LogP contribution in [0.4, 0.5) is 30.2 Å². The predicted octanol–water partition coefficient (Wildman–Crippen LogP) is 16.6. The first-order valence-corrected chi connectivity index (χ1v) is 25.7. The highest BCUT2D eigenvalue weighted by molar-refractivity contribution is 7.19. The van der Waals surface area contributed by atoms with Crippen molar-refractivity contribution in [2.75, 3.05) is 4.90 Å². The van der Waals surface area contributed by atoms with E-state index in [0.29, 0.717) is 28.2 Å². The lowest BCUT2D eigenvalue weighted by molar-refractivity contribution is -0.274. The molecule has 9 aromatic rings. The first kappa shape index (κ1) is 41.0. The van der Waals surface area contributed by atoms with Gasteiger partial charge in [0.05, 0.1) is 12.8 Å². The molecule has 2 aliphatic heterocycles. The number of halogens is 3. The SMILES string of the molecule is [2H]c1c([2H])c([2H])c(-c2ccc3c4c(oc3c2)C(c2ccc(C(C)(C)C)cc2-c2ccccc2)c2cc(OC(F)(F)F)cc3c2B4c2cc4c5c(sc4cc2N3c2ccc(C(C)(C)C)cc2)C(C)(C)CCC5(C)C)c([2H])c1[2H]. The van der Waals surface area contributed by atoms with Crippen LogP contribution in [-0.2, 0) is 21.7 Å². The summed E-state index contributed by atoms with van der Waals surface area (Å²) >= 11 is 1.81. The van der Waals surface area contributed by atoms with Crippen LogP contribution in [0, 0.1) is 0 Å². The number of ether oxygens (including phenoxy) is 1. The van der Waals surface area contributed by atoms with Crippen LogP contribution in [0.2, 0.25) is 0 Å². The van der Waals surface area contributed by atoms with Crippen LogP contribution in [0.1, 0.15) is 133 Å². The number of furan rings is 1. The van der Waals surface area contributed by atoms with Gasteiger partial charge in [-0.1, -0.05) is 178 Å². The number of nitrogens with zero attached hydrogens (tertiary/aromatic N) is 1. The van der Waals surface area contributed by atoms with Crippen LogP contribution in [0.5, 0.6) is 5.75 Å². The van der Waals surface area contributed by atoms with E-state index in [2.05, 4.69) is 141 Å². The molecule has 0 bridgehead atoms. The van der Waals surface area contributed by atoms with E-state index in [0.717, 1.165) is 83.9 Å². The largest absolute Gasteiger partial charge is 0.573 e. The summed E-state index contributed by atoms with van der Waals surface area (Å²) < 4.78 is 102. The average molecular weight is 979 g/mol. The van der Waals surface area contributed by atoms with Crippen molar-refractivity contribution >= 4 is 72.6 Å². The quantitative estimate of drug-likeness (QED) is 0.161. The molecule has 2 aromatic heterocycles. The first-order chi connectivity index (χ1) is 36.1. The van der Waals surface area contributed by atoms with Gasteiger partial charge in [0, 0.05) is 38.1 Å². The van der Waals surface area contributed by atoms with Gasteiger partial charge in [0.25, 0.3) is 6.71 Å². The lowest BCUT2D eigenvalue weighted by atomic mass is 9.31. The topological polar surface area (TPSA) is 25.6 Å². The van der Waals surface area contributed by atoms with Crippen LogP contribution in [-0.4, -0.2) is 13.1 Å². The van der Waals surface area contributed by atoms with Crippen molar-refractivity contribution in [1.82, 2.24) is 0 Å². The molecule has 4 heterocycles. The molecule has 1 unspecified atom stereocenters. The van der Waals surface area contributed by atoms with Crippen molar-refractivity contribution < 1.29 is 29.2 Å². The Kier molecular flexibility index (Phi) is 9.11. The third-order valence-corrected chi connectivity index (χ3v) is 17.2. The molecule has 1 atom stereocenters. The first-order valence-electron chi connectivity index (χ1n) is 27.4. The van der Waals surface area contributed by atoms with E-state index >= 15 is 0 Å². The van der Waals surface area contributed by atoms with E-state index < -0.39 is 37.1 Å². The fourth-order valence-electron chi connectivity index (χ4n) is 11.9. The number of alkyl halides is 3. The van der Waals surface area contributed by atoms with Crippen molar-refractivity contribution in [1.29, 1.82) is 0 Å². The molecule has 0 radical (unpaired) electrons. The third kappa shape index (κ3) is 7.53. The van der Waals surface area contributed by atoms with Gasteiger partial charge in [-0.05, 0) is 137 Å². The van der Waals surface area contributed by atoms with Gasteiger partial charge in [-0.3, -0.25) is 0 Å². The molecule has 7 aromatic carbocycles. The fourth-order valence-corrected chi connectivity index (χ4v) is 13.4. The van der Waals surface area contributed by atoms with Crippen LogP contribution in [0.15, 0.2) is 150 Å². The molecular formula is C64H59BF3NO2S. The highest BCUT2D eigenvalue weighted by Gasteiger charge is 2.49. The monoisotopic (exact) mass is 978 g/mol. The Morgan fingerprint density at radius 1 is 0.667 bits per heavy atom. The second-order valence-corrected chi connectivity index (χ2v) is 24.5. The molecule has 3 nitrogen and oxygen atoms in total. The molecular weight excluding hydrogens is 915 g/mol. The van der Waals surface area contributed by atoms with Crippen LogP contribution in [0.3, 0.4) is 0 Å². The molecule has 0 fully saturated rings. The molecule has 0 amide bonds. The van der Waals surface area contributed by atoms with Crippen LogP contribution < -0.4 is 26.0 Å². The molecule has 1 aliphatic carbocycles. The zero-order chi connectivity index (χ0) is 54.8. The van der Waals surface area contributed by atoms with Gasteiger partial charge in [0.2, 0.25) is 0 Å². The molecule has 362 valence electrons. The summed E-state index contributed by atoms with van der Waals surface area (Å²) in [5.74, 6) is -0.618. The summed E-state index contributed by atoms with van der Waals surface area (Å²) in [4.78, 5) is 3.48.